The lowest BCUT2D eigenvalue weighted by Gasteiger charge is -2.23. The second-order valence-electron chi connectivity index (χ2n) is 7.14. The summed E-state index contributed by atoms with van der Waals surface area (Å²) in [5, 5.41) is 10.2. The first kappa shape index (κ1) is 17.6. The van der Waals surface area contributed by atoms with Gasteiger partial charge in [0.05, 0.1) is 18.2 Å². The van der Waals surface area contributed by atoms with Crippen molar-refractivity contribution in [1.29, 1.82) is 0 Å². The number of carbonyl (C=O) groups is 1. The van der Waals surface area contributed by atoms with Gasteiger partial charge in [-0.05, 0) is 61.6 Å². The molecule has 0 radical (unpaired) electrons. The van der Waals surface area contributed by atoms with Gasteiger partial charge < -0.3 is 14.8 Å². The number of halogens is 1. The van der Waals surface area contributed by atoms with Gasteiger partial charge >= 0.3 is 5.97 Å². The van der Waals surface area contributed by atoms with Crippen molar-refractivity contribution in [1.82, 2.24) is 4.98 Å². The Kier molecular flexibility index (Phi) is 4.84. The molecule has 2 N–H and O–H groups in total. The van der Waals surface area contributed by atoms with Crippen LogP contribution < -0.4 is 4.74 Å². The molecule has 0 amide bonds. The molecule has 1 saturated carbocycles. The first-order chi connectivity index (χ1) is 13.1. The van der Waals surface area contributed by atoms with Crippen molar-refractivity contribution in [2.75, 3.05) is 0 Å². The van der Waals surface area contributed by atoms with E-state index in [4.69, 9.17) is 4.74 Å². The van der Waals surface area contributed by atoms with Gasteiger partial charge in [-0.25, -0.2) is 4.39 Å². The Hall–Kier alpha value is -2.82. The Bertz CT molecular complexity index is 973. The van der Waals surface area contributed by atoms with Gasteiger partial charge in [0.2, 0.25) is 0 Å². The Balaban J connectivity index is 1.76. The van der Waals surface area contributed by atoms with Crippen LogP contribution in [-0.4, -0.2) is 22.2 Å². The zero-order valence-corrected chi connectivity index (χ0v) is 15.0. The highest BCUT2D eigenvalue weighted by Gasteiger charge is 2.19. The average Bonchev–Trinajstić information content (AvgIpc) is 3.00. The van der Waals surface area contributed by atoms with Gasteiger partial charge in [-0.3, -0.25) is 4.79 Å². The molecule has 1 aliphatic rings. The molecule has 3 aromatic rings. The molecule has 0 bridgehead atoms. The van der Waals surface area contributed by atoms with Gasteiger partial charge in [0, 0.05) is 16.5 Å². The van der Waals surface area contributed by atoms with Crippen LogP contribution in [0.1, 0.15) is 37.7 Å². The molecule has 2 aromatic carbocycles. The van der Waals surface area contributed by atoms with Crippen molar-refractivity contribution in [2.24, 2.45) is 0 Å². The molecular weight excluding hydrogens is 345 g/mol. The zero-order valence-electron chi connectivity index (χ0n) is 15.0. The number of ether oxygens (including phenoxy) is 1. The minimum Gasteiger partial charge on any atom is -0.490 e. The van der Waals surface area contributed by atoms with E-state index in [-0.39, 0.29) is 18.3 Å². The van der Waals surface area contributed by atoms with Crippen LogP contribution in [0.4, 0.5) is 4.39 Å². The maximum Gasteiger partial charge on any atom is 0.307 e. The normalized spacial score (nSPS) is 15.1. The highest BCUT2D eigenvalue weighted by molar-refractivity contribution is 5.94. The van der Waals surface area contributed by atoms with Crippen LogP contribution in [0.3, 0.4) is 0 Å². The van der Waals surface area contributed by atoms with Crippen molar-refractivity contribution < 1.29 is 19.0 Å². The lowest BCUT2D eigenvalue weighted by atomic mass is 9.98. The van der Waals surface area contributed by atoms with E-state index < -0.39 is 5.97 Å². The van der Waals surface area contributed by atoms with Crippen molar-refractivity contribution in [3.63, 3.8) is 0 Å². The number of carboxylic acid groups (broad SMARTS) is 1. The molecule has 1 aromatic heterocycles. The van der Waals surface area contributed by atoms with Gasteiger partial charge in [0.25, 0.3) is 0 Å². The maximum absolute atomic E-state index is 13.7. The molecule has 1 heterocycles. The van der Waals surface area contributed by atoms with E-state index in [1.54, 1.807) is 12.1 Å². The van der Waals surface area contributed by atoms with Crippen molar-refractivity contribution >= 4 is 16.9 Å². The van der Waals surface area contributed by atoms with E-state index in [1.807, 2.05) is 18.2 Å². The highest BCUT2D eigenvalue weighted by atomic mass is 19.1. The van der Waals surface area contributed by atoms with Crippen molar-refractivity contribution in [2.45, 2.75) is 44.6 Å². The summed E-state index contributed by atoms with van der Waals surface area (Å²) in [5.41, 5.74) is 2.75. The molecule has 1 aliphatic carbocycles. The Morgan fingerprint density at radius 2 is 1.96 bits per heavy atom. The van der Waals surface area contributed by atoms with Crippen LogP contribution in [0.25, 0.3) is 22.2 Å². The predicted octanol–water partition coefficient (Wildman–Crippen LogP) is 5.31. The summed E-state index contributed by atoms with van der Waals surface area (Å²) in [5.74, 6) is -0.522. The smallest absolute Gasteiger partial charge is 0.307 e. The Morgan fingerprint density at radius 1 is 1.15 bits per heavy atom. The summed E-state index contributed by atoms with van der Waals surface area (Å²) in [7, 11) is 0. The first-order valence-corrected chi connectivity index (χ1v) is 9.39. The number of nitrogens with one attached hydrogen (secondary N) is 1. The molecule has 5 heteroatoms. The largest absolute Gasteiger partial charge is 0.490 e. The molecule has 4 rings (SSSR count). The molecule has 0 unspecified atom stereocenters. The van der Waals surface area contributed by atoms with Crippen LogP contribution in [0.15, 0.2) is 42.5 Å². The molecule has 1 fully saturated rings. The van der Waals surface area contributed by atoms with Gasteiger partial charge in [-0.15, -0.1) is 0 Å². The van der Waals surface area contributed by atoms with Crippen LogP contribution in [0.5, 0.6) is 5.75 Å². The third kappa shape index (κ3) is 3.82. The Labute approximate surface area is 157 Å². The molecule has 27 heavy (non-hydrogen) atoms. The second kappa shape index (κ2) is 7.43. The summed E-state index contributed by atoms with van der Waals surface area (Å²) in [6, 6.07) is 11.9. The number of rotatable bonds is 5. The fraction of sp³-hybridized carbons (Fsp3) is 0.318. The minimum atomic E-state index is -0.924. The van der Waals surface area contributed by atoms with Gasteiger partial charge in [0.1, 0.15) is 11.6 Å². The number of fused-ring (bicyclic) bond motifs is 1. The number of aliphatic carboxylic acids is 1. The number of H-pyrrole nitrogens is 1. The van der Waals surface area contributed by atoms with Crippen LogP contribution in [0.2, 0.25) is 0 Å². The summed E-state index contributed by atoms with van der Waals surface area (Å²) < 4.78 is 19.8. The van der Waals surface area contributed by atoms with Crippen molar-refractivity contribution in [3.05, 3.63) is 53.8 Å². The van der Waals surface area contributed by atoms with Crippen LogP contribution >= 0.6 is 0 Å². The number of carboxylic acids is 1. The van der Waals surface area contributed by atoms with Gasteiger partial charge in [0.15, 0.2) is 0 Å². The summed E-state index contributed by atoms with van der Waals surface area (Å²) in [4.78, 5) is 14.7. The third-order valence-corrected chi connectivity index (χ3v) is 5.17. The molecule has 140 valence electrons. The van der Waals surface area contributed by atoms with E-state index in [2.05, 4.69) is 4.98 Å². The van der Waals surface area contributed by atoms with Crippen LogP contribution in [-0.2, 0) is 11.2 Å². The zero-order chi connectivity index (χ0) is 18.8. The molecule has 0 aliphatic heterocycles. The highest BCUT2D eigenvalue weighted by Crippen LogP contribution is 2.34. The summed E-state index contributed by atoms with van der Waals surface area (Å²) in [6.45, 7) is 0. The van der Waals surface area contributed by atoms with E-state index in [1.165, 1.54) is 31.4 Å². The number of aromatic amines is 1. The molecule has 4 nitrogen and oxygen atoms in total. The van der Waals surface area contributed by atoms with E-state index >= 15 is 0 Å². The van der Waals surface area contributed by atoms with E-state index in [0.29, 0.717) is 16.8 Å². The number of hydrogen-bond donors (Lipinski definition) is 2. The maximum atomic E-state index is 13.7. The van der Waals surface area contributed by atoms with Crippen molar-refractivity contribution in [3.8, 4) is 17.0 Å². The topological polar surface area (TPSA) is 62.3 Å². The summed E-state index contributed by atoms with van der Waals surface area (Å²) in [6.07, 6.45) is 5.83. The monoisotopic (exact) mass is 367 g/mol. The lowest BCUT2D eigenvalue weighted by Crippen LogP contribution is -2.19. The number of benzene rings is 2. The first-order valence-electron chi connectivity index (χ1n) is 9.39. The van der Waals surface area contributed by atoms with Gasteiger partial charge in [-0.2, -0.15) is 0 Å². The fourth-order valence-corrected chi connectivity index (χ4v) is 3.90. The quantitative estimate of drug-likeness (QED) is 0.642. The van der Waals surface area contributed by atoms with Gasteiger partial charge in [-0.1, -0.05) is 18.6 Å². The molecule has 0 saturated heterocycles. The van der Waals surface area contributed by atoms with E-state index in [0.717, 1.165) is 29.5 Å². The van der Waals surface area contributed by atoms with E-state index in [9.17, 15) is 14.3 Å². The van der Waals surface area contributed by atoms with Crippen LogP contribution in [0, 0.1) is 5.82 Å². The predicted molar refractivity (Wildman–Crippen MR) is 103 cm³/mol. The Morgan fingerprint density at radius 3 is 2.70 bits per heavy atom. The standard InChI is InChI=1S/C22H22FNO3/c23-15-6-4-5-14(11-15)22-19(13-21(25)26)18-12-17(9-10-20(18)24-22)27-16-7-2-1-3-8-16/h4-6,9-12,16,24H,1-3,7-8,13H2,(H,25,26). The average molecular weight is 367 g/mol. The second-order valence-corrected chi connectivity index (χ2v) is 7.14. The minimum absolute atomic E-state index is 0.140. The molecule has 0 atom stereocenters. The SMILES string of the molecule is O=C(O)Cc1c(-c2cccc(F)c2)[nH]c2ccc(OC3CCCCC3)cc12. The lowest BCUT2D eigenvalue weighted by molar-refractivity contribution is -0.136. The fourth-order valence-electron chi connectivity index (χ4n) is 3.90. The number of hydrogen-bond acceptors (Lipinski definition) is 2. The third-order valence-electron chi connectivity index (χ3n) is 5.17. The summed E-state index contributed by atoms with van der Waals surface area (Å²) >= 11 is 0. The molecular formula is C22H22FNO3. The molecule has 0 spiro atoms. The number of aromatic nitrogens is 1.